The zero-order valence-electron chi connectivity index (χ0n) is 10.4. The summed E-state index contributed by atoms with van der Waals surface area (Å²) in [6, 6.07) is 0.434. The highest BCUT2D eigenvalue weighted by molar-refractivity contribution is 6.32. The Kier molecular flexibility index (Phi) is 3.99. The summed E-state index contributed by atoms with van der Waals surface area (Å²) in [5, 5.41) is 0. The van der Waals surface area contributed by atoms with Crippen molar-refractivity contribution < 1.29 is 14.3 Å². The van der Waals surface area contributed by atoms with Gasteiger partial charge >= 0.3 is 11.9 Å². The first-order valence-corrected chi connectivity index (χ1v) is 6.33. The predicted molar refractivity (Wildman–Crippen MR) is 62.4 cm³/mol. The predicted octanol–water partition coefficient (Wildman–Crippen LogP) is 0.246. The minimum Gasteiger partial charge on any atom is -0.462 e. The highest BCUT2D eigenvalue weighted by atomic mass is 16.5. The maximum Gasteiger partial charge on any atom is 0.396 e. The number of rotatable bonds is 1. The lowest BCUT2D eigenvalue weighted by molar-refractivity contribution is -0.157. The van der Waals surface area contributed by atoms with E-state index in [1.807, 2.05) is 0 Å². The number of hydrogen-bond donors (Lipinski definition) is 0. The van der Waals surface area contributed by atoms with Crippen LogP contribution < -0.4 is 0 Å². The second-order valence-corrected chi connectivity index (χ2v) is 4.78. The van der Waals surface area contributed by atoms with Crippen molar-refractivity contribution in [1.29, 1.82) is 0 Å². The molecular weight excluding hydrogens is 220 g/mol. The Labute approximate surface area is 102 Å². The van der Waals surface area contributed by atoms with Crippen molar-refractivity contribution in [2.75, 3.05) is 33.3 Å². The molecule has 0 saturated carbocycles. The van der Waals surface area contributed by atoms with Crippen LogP contribution in [0.5, 0.6) is 0 Å². The fourth-order valence-electron chi connectivity index (χ4n) is 2.72. The molecule has 2 aliphatic heterocycles. The fraction of sp³-hybridized carbons (Fsp3) is 0.833. The molecule has 17 heavy (non-hydrogen) atoms. The van der Waals surface area contributed by atoms with Gasteiger partial charge in [-0.2, -0.15) is 0 Å². The third-order valence-electron chi connectivity index (χ3n) is 3.72. The van der Waals surface area contributed by atoms with E-state index in [-0.39, 0.29) is 0 Å². The molecule has 2 fully saturated rings. The molecule has 0 spiro atoms. The smallest absolute Gasteiger partial charge is 0.396 e. The summed E-state index contributed by atoms with van der Waals surface area (Å²) in [4.78, 5) is 26.9. The maximum atomic E-state index is 11.6. The molecule has 0 aromatic rings. The summed E-state index contributed by atoms with van der Waals surface area (Å²) in [6.45, 7) is 3.61. The molecule has 0 radical (unpaired) electrons. The summed E-state index contributed by atoms with van der Waals surface area (Å²) >= 11 is 0. The topological polar surface area (TPSA) is 49.9 Å². The Bertz CT molecular complexity index is 300. The number of nitrogens with zero attached hydrogens (tertiary/aromatic N) is 2. The first-order valence-electron chi connectivity index (χ1n) is 6.33. The molecule has 2 aliphatic rings. The molecule has 0 bridgehead atoms. The first kappa shape index (κ1) is 12.4. The van der Waals surface area contributed by atoms with Crippen LogP contribution in [0.15, 0.2) is 0 Å². The fourth-order valence-corrected chi connectivity index (χ4v) is 2.72. The van der Waals surface area contributed by atoms with Crippen LogP contribution in [-0.4, -0.2) is 61.0 Å². The number of esters is 1. The van der Waals surface area contributed by atoms with Gasteiger partial charge in [0, 0.05) is 19.1 Å². The van der Waals surface area contributed by atoms with Crippen molar-refractivity contribution >= 4 is 11.9 Å². The lowest BCUT2D eigenvalue weighted by Gasteiger charge is -2.31. The monoisotopic (exact) mass is 240 g/mol. The summed E-state index contributed by atoms with van der Waals surface area (Å²) < 4.78 is 4.46. The quantitative estimate of drug-likeness (QED) is 0.487. The first-order chi connectivity index (χ1) is 8.22. The normalized spacial score (nSPS) is 25.9. The Morgan fingerprint density at radius 2 is 1.82 bits per heavy atom. The Morgan fingerprint density at radius 1 is 1.12 bits per heavy atom. The number of amides is 1. The Hall–Kier alpha value is -1.10. The van der Waals surface area contributed by atoms with Crippen LogP contribution >= 0.6 is 0 Å². The summed E-state index contributed by atoms with van der Waals surface area (Å²) in [5.41, 5.74) is 0. The molecule has 2 rings (SSSR count). The van der Waals surface area contributed by atoms with Crippen molar-refractivity contribution in [1.82, 2.24) is 9.80 Å². The number of methoxy groups -OCH3 is 1. The minimum absolute atomic E-state index is 0.434. The lowest BCUT2D eigenvalue weighted by Crippen LogP contribution is -2.42. The molecule has 0 N–H and O–H groups in total. The largest absolute Gasteiger partial charge is 0.462 e. The van der Waals surface area contributed by atoms with Crippen molar-refractivity contribution in [2.24, 2.45) is 0 Å². The van der Waals surface area contributed by atoms with E-state index in [0.717, 1.165) is 19.5 Å². The van der Waals surface area contributed by atoms with Crippen molar-refractivity contribution in [3.63, 3.8) is 0 Å². The summed E-state index contributed by atoms with van der Waals surface area (Å²) in [7, 11) is 1.25. The number of carbonyl (C=O) groups excluding carboxylic acids is 2. The van der Waals surface area contributed by atoms with Gasteiger partial charge < -0.3 is 9.64 Å². The van der Waals surface area contributed by atoms with E-state index < -0.39 is 11.9 Å². The van der Waals surface area contributed by atoms with E-state index in [1.165, 1.54) is 26.4 Å². The molecule has 0 aliphatic carbocycles. The molecule has 96 valence electrons. The van der Waals surface area contributed by atoms with Gasteiger partial charge in [0.05, 0.1) is 7.11 Å². The molecule has 1 atom stereocenters. The van der Waals surface area contributed by atoms with E-state index in [1.54, 1.807) is 4.90 Å². The molecule has 5 nitrogen and oxygen atoms in total. The van der Waals surface area contributed by atoms with E-state index >= 15 is 0 Å². The van der Waals surface area contributed by atoms with E-state index in [9.17, 15) is 9.59 Å². The molecule has 0 aromatic heterocycles. The molecule has 1 unspecified atom stereocenters. The third-order valence-corrected chi connectivity index (χ3v) is 3.72. The number of piperidine rings is 1. The van der Waals surface area contributed by atoms with E-state index in [2.05, 4.69) is 9.64 Å². The van der Waals surface area contributed by atoms with Gasteiger partial charge in [-0.25, -0.2) is 4.79 Å². The standard InChI is InChI=1S/C12H20N2O3/c1-17-12(16)11(15)14-8-5-10(9-14)13-6-3-2-4-7-13/h10H,2-9H2,1H3. The van der Waals surface area contributed by atoms with Crippen LogP contribution in [0.2, 0.25) is 0 Å². The maximum absolute atomic E-state index is 11.6. The average molecular weight is 240 g/mol. The average Bonchev–Trinajstić information content (AvgIpc) is 2.87. The molecule has 2 heterocycles. The summed E-state index contributed by atoms with van der Waals surface area (Å²) in [5.74, 6) is -1.24. The highest BCUT2D eigenvalue weighted by Gasteiger charge is 2.33. The van der Waals surface area contributed by atoms with E-state index in [4.69, 9.17) is 0 Å². The van der Waals surface area contributed by atoms with Gasteiger partial charge in [-0.15, -0.1) is 0 Å². The third kappa shape index (κ3) is 2.77. The van der Waals surface area contributed by atoms with Crippen LogP contribution in [-0.2, 0) is 14.3 Å². The van der Waals surface area contributed by atoms with Gasteiger partial charge in [-0.3, -0.25) is 9.69 Å². The van der Waals surface area contributed by atoms with Gasteiger partial charge in [-0.05, 0) is 32.4 Å². The van der Waals surface area contributed by atoms with Crippen molar-refractivity contribution in [2.45, 2.75) is 31.7 Å². The Balaban J connectivity index is 1.86. The number of ether oxygens (including phenoxy) is 1. The van der Waals surface area contributed by atoms with Crippen LogP contribution in [0.3, 0.4) is 0 Å². The number of hydrogen-bond acceptors (Lipinski definition) is 4. The number of carbonyl (C=O) groups is 2. The molecule has 2 saturated heterocycles. The molecule has 0 aromatic carbocycles. The van der Waals surface area contributed by atoms with Gasteiger partial charge in [0.15, 0.2) is 0 Å². The van der Waals surface area contributed by atoms with Gasteiger partial charge in [0.2, 0.25) is 0 Å². The molecule has 5 heteroatoms. The lowest BCUT2D eigenvalue weighted by atomic mass is 10.1. The van der Waals surface area contributed by atoms with Crippen LogP contribution in [0.25, 0.3) is 0 Å². The van der Waals surface area contributed by atoms with Crippen LogP contribution in [0.4, 0.5) is 0 Å². The van der Waals surface area contributed by atoms with Crippen LogP contribution in [0.1, 0.15) is 25.7 Å². The number of likely N-dealkylation sites (tertiary alicyclic amines) is 2. The second kappa shape index (κ2) is 5.49. The van der Waals surface area contributed by atoms with Gasteiger partial charge in [0.1, 0.15) is 0 Å². The van der Waals surface area contributed by atoms with Gasteiger partial charge in [-0.1, -0.05) is 6.42 Å². The summed E-state index contributed by atoms with van der Waals surface area (Å²) in [6.07, 6.45) is 4.79. The minimum atomic E-state index is -0.746. The van der Waals surface area contributed by atoms with Gasteiger partial charge in [0.25, 0.3) is 0 Å². The molecule has 1 amide bonds. The van der Waals surface area contributed by atoms with E-state index in [0.29, 0.717) is 19.1 Å². The SMILES string of the molecule is COC(=O)C(=O)N1CCC(N2CCCCC2)C1. The highest BCUT2D eigenvalue weighted by Crippen LogP contribution is 2.20. The zero-order valence-corrected chi connectivity index (χ0v) is 10.4. The second-order valence-electron chi connectivity index (χ2n) is 4.78. The van der Waals surface area contributed by atoms with Crippen LogP contribution in [0, 0.1) is 0 Å². The Morgan fingerprint density at radius 3 is 2.47 bits per heavy atom. The van der Waals surface area contributed by atoms with Crippen molar-refractivity contribution in [3.05, 3.63) is 0 Å². The zero-order chi connectivity index (χ0) is 12.3. The molecular formula is C12H20N2O3. The van der Waals surface area contributed by atoms with Crippen molar-refractivity contribution in [3.8, 4) is 0 Å².